The minimum absolute atomic E-state index is 0.0578. The Morgan fingerprint density at radius 3 is 1.89 bits per heavy atom. The van der Waals surface area contributed by atoms with Crippen LogP contribution in [0.2, 0.25) is 0 Å². The Bertz CT molecular complexity index is 1180. The van der Waals surface area contributed by atoms with E-state index in [1.165, 1.54) is 6.42 Å². The lowest BCUT2D eigenvalue weighted by atomic mass is 10.00. The Balaban J connectivity index is 1.56. The van der Waals surface area contributed by atoms with Crippen LogP contribution in [0, 0.1) is 27.7 Å². The van der Waals surface area contributed by atoms with Crippen LogP contribution in [0.15, 0.2) is 36.4 Å². The molecule has 46 heavy (non-hydrogen) atoms. The number of hydrogen-bond donors (Lipinski definition) is 3. The maximum Gasteiger partial charge on any atom is 0.279 e. The van der Waals surface area contributed by atoms with E-state index in [1.807, 2.05) is 12.1 Å². The highest BCUT2D eigenvalue weighted by Crippen LogP contribution is 2.25. The number of unbranched alkanes of at least 4 members (excludes halogenated alkanes) is 6. The summed E-state index contributed by atoms with van der Waals surface area (Å²) >= 11 is 0. The third-order valence-electron chi connectivity index (χ3n) is 9.97. The van der Waals surface area contributed by atoms with Crippen LogP contribution in [-0.2, 0) is 9.59 Å². The highest BCUT2D eigenvalue weighted by atomic mass is 16.3. The van der Waals surface area contributed by atoms with Gasteiger partial charge in [0.1, 0.15) is 0 Å². The van der Waals surface area contributed by atoms with Crippen molar-refractivity contribution in [2.24, 2.45) is 0 Å². The molecule has 3 rings (SSSR count). The summed E-state index contributed by atoms with van der Waals surface area (Å²) < 4.78 is 0.795. The number of hydrogen-bond acceptors (Lipinski definition) is 4. The van der Waals surface area contributed by atoms with Gasteiger partial charge >= 0.3 is 0 Å². The van der Waals surface area contributed by atoms with Gasteiger partial charge in [0.25, 0.3) is 5.91 Å². The van der Waals surface area contributed by atoms with E-state index in [1.54, 1.807) is 0 Å². The number of piperidine rings is 1. The number of carbonyl (C=O) groups is 2. The van der Waals surface area contributed by atoms with Crippen molar-refractivity contribution in [2.45, 2.75) is 118 Å². The number of para-hydroxylation sites is 2. The number of amides is 2. The lowest BCUT2D eigenvalue weighted by Crippen LogP contribution is -2.54. The van der Waals surface area contributed by atoms with Gasteiger partial charge in [-0.2, -0.15) is 0 Å². The molecule has 1 fully saturated rings. The molecule has 0 radical (unpaired) electrons. The van der Waals surface area contributed by atoms with E-state index in [0.717, 1.165) is 141 Å². The molecule has 2 aromatic carbocycles. The van der Waals surface area contributed by atoms with Crippen molar-refractivity contribution in [3.63, 3.8) is 0 Å². The fraction of sp³-hybridized carbons (Fsp3) is 0.641. The molecular weight excluding hydrogens is 572 g/mol. The Hall–Kier alpha value is -2.74. The largest absolute Gasteiger partial charge is 0.396 e. The first-order chi connectivity index (χ1) is 22.2. The molecule has 0 saturated carbocycles. The van der Waals surface area contributed by atoms with Gasteiger partial charge in [-0.05, 0) is 121 Å². The number of aliphatic hydroxyl groups is 1. The van der Waals surface area contributed by atoms with E-state index >= 15 is 0 Å². The summed E-state index contributed by atoms with van der Waals surface area (Å²) in [7, 11) is 0. The van der Waals surface area contributed by atoms with Crippen molar-refractivity contribution in [1.82, 2.24) is 4.90 Å². The van der Waals surface area contributed by atoms with Gasteiger partial charge in [0.2, 0.25) is 5.91 Å². The monoisotopic (exact) mass is 635 g/mol. The maximum atomic E-state index is 13.5. The van der Waals surface area contributed by atoms with Gasteiger partial charge in [0.05, 0.1) is 25.7 Å². The number of nitrogens with one attached hydrogen (secondary N) is 2. The fourth-order valence-electron chi connectivity index (χ4n) is 7.21. The van der Waals surface area contributed by atoms with E-state index in [2.05, 4.69) is 74.4 Å². The summed E-state index contributed by atoms with van der Waals surface area (Å²) in [5.74, 6) is 0.224. The molecule has 0 bridgehead atoms. The zero-order chi connectivity index (χ0) is 33.4. The third kappa shape index (κ3) is 11.8. The predicted octanol–water partition coefficient (Wildman–Crippen LogP) is 7.69. The smallest absolute Gasteiger partial charge is 0.279 e. The predicted molar refractivity (Wildman–Crippen MR) is 192 cm³/mol. The first-order valence-electron chi connectivity index (χ1n) is 18.1. The number of rotatable bonds is 20. The maximum absolute atomic E-state index is 13.5. The number of aliphatic hydroxyl groups excluding tert-OH is 1. The van der Waals surface area contributed by atoms with Crippen LogP contribution >= 0.6 is 0 Å². The van der Waals surface area contributed by atoms with Crippen molar-refractivity contribution in [3.05, 3.63) is 58.7 Å². The number of aryl methyl sites for hydroxylation is 4. The highest BCUT2D eigenvalue weighted by Gasteiger charge is 2.31. The molecule has 1 heterocycles. The molecule has 2 atom stereocenters. The van der Waals surface area contributed by atoms with Gasteiger partial charge in [-0.25, -0.2) is 0 Å². The normalized spacial score (nSPS) is 16.6. The molecule has 0 aromatic heterocycles. The van der Waals surface area contributed by atoms with Crippen molar-refractivity contribution >= 4 is 23.2 Å². The first-order valence-corrected chi connectivity index (χ1v) is 18.1. The Morgan fingerprint density at radius 1 is 0.761 bits per heavy atom. The van der Waals surface area contributed by atoms with Crippen LogP contribution in [0.3, 0.4) is 0 Å². The van der Waals surface area contributed by atoms with Gasteiger partial charge in [0, 0.05) is 18.0 Å². The Labute approximate surface area is 279 Å². The molecule has 1 aliphatic heterocycles. The molecule has 1 aliphatic rings. The molecule has 0 aliphatic carbocycles. The van der Waals surface area contributed by atoms with Crippen LogP contribution in [-0.4, -0.2) is 78.2 Å². The van der Waals surface area contributed by atoms with Gasteiger partial charge < -0.3 is 20.2 Å². The average molecular weight is 636 g/mol. The lowest BCUT2D eigenvalue weighted by Gasteiger charge is -2.39. The zero-order valence-corrected chi connectivity index (χ0v) is 29.6. The first kappa shape index (κ1) is 37.7. The molecule has 256 valence electrons. The summed E-state index contributed by atoms with van der Waals surface area (Å²) in [4.78, 5) is 29.3. The van der Waals surface area contributed by atoms with Crippen LogP contribution in [0.25, 0.3) is 0 Å². The van der Waals surface area contributed by atoms with Crippen LogP contribution in [0.1, 0.15) is 106 Å². The Morgan fingerprint density at radius 2 is 1.30 bits per heavy atom. The van der Waals surface area contributed by atoms with E-state index in [9.17, 15) is 14.7 Å². The van der Waals surface area contributed by atoms with Crippen molar-refractivity contribution in [2.75, 3.05) is 56.5 Å². The zero-order valence-electron chi connectivity index (χ0n) is 29.6. The summed E-state index contributed by atoms with van der Waals surface area (Å²) in [5, 5.41) is 16.0. The van der Waals surface area contributed by atoms with Gasteiger partial charge in [0.15, 0.2) is 6.54 Å². The number of benzene rings is 2. The SMILES string of the molecule is CCCCC[N+](CCCCO)(CCCCCCN1CCCCC1C(=O)Nc1c(C)cccc1C)CC(=O)Nc1c(C)cccc1C. The molecule has 2 aromatic rings. The van der Waals surface area contributed by atoms with E-state index in [0.29, 0.717) is 6.54 Å². The van der Waals surface area contributed by atoms with E-state index < -0.39 is 0 Å². The standard InChI is InChI=1S/C39H62N4O3/c1-6-7-13-26-43(28-15-16-29-44,30-36(45)40-37-31(2)19-17-20-32(37)3)27-14-9-8-11-24-42-25-12-10-23-35(42)39(46)41-38-33(4)21-18-22-34(38)5/h17-22,35,44H,6-16,23-30H2,1-5H3,(H-,40,41,45,46)/p+1. The van der Waals surface area contributed by atoms with Crippen LogP contribution in [0.4, 0.5) is 11.4 Å². The Kier molecular flexibility index (Phi) is 16.2. The van der Waals surface area contributed by atoms with Crippen molar-refractivity contribution in [1.29, 1.82) is 0 Å². The number of quaternary nitrogens is 1. The fourth-order valence-corrected chi connectivity index (χ4v) is 7.21. The number of nitrogens with zero attached hydrogens (tertiary/aromatic N) is 2. The minimum Gasteiger partial charge on any atom is -0.396 e. The van der Waals surface area contributed by atoms with Gasteiger partial charge in [-0.1, -0.05) is 62.6 Å². The topological polar surface area (TPSA) is 81.7 Å². The van der Waals surface area contributed by atoms with Gasteiger partial charge in [-0.15, -0.1) is 0 Å². The summed E-state index contributed by atoms with van der Waals surface area (Å²) in [6, 6.07) is 12.2. The summed E-state index contributed by atoms with van der Waals surface area (Å²) in [6.45, 7) is 16.0. The molecule has 0 spiro atoms. The molecular formula is C39H63N4O3+. The van der Waals surface area contributed by atoms with Crippen molar-refractivity contribution < 1.29 is 19.2 Å². The molecule has 7 heteroatoms. The number of likely N-dealkylation sites (tertiary alicyclic amines) is 1. The number of carbonyl (C=O) groups excluding carboxylic acids is 2. The van der Waals surface area contributed by atoms with Gasteiger partial charge in [-0.3, -0.25) is 14.5 Å². The molecule has 1 saturated heterocycles. The molecule has 7 nitrogen and oxygen atoms in total. The lowest BCUT2D eigenvalue weighted by molar-refractivity contribution is -0.921. The van der Waals surface area contributed by atoms with Crippen LogP contribution in [0.5, 0.6) is 0 Å². The second kappa shape index (κ2) is 19.8. The van der Waals surface area contributed by atoms with E-state index in [-0.39, 0.29) is 24.5 Å². The number of anilines is 2. The molecule has 2 amide bonds. The quantitative estimate of drug-likeness (QED) is 0.103. The highest BCUT2D eigenvalue weighted by molar-refractivity contribution is 5.96. The second-order valence-corrected chi connectivity index (χ2v) is 13.8. The average Bonchev–Trinajstić information content (AvgIpc) is 3.03. The molecule has 2 unspecified atom stereocenters. The summed E-state index contributed by atoms with van der Waals surface area (Å²) in [5.41, 5.74) is 6.31. The second-order valence-electron chi connectivity index (χ2n) is 13.8. The van der Waals surface area contributed by atoms with Crippen molar-refractivity contribution in [3.8, 4) is 0 Å². The van der Waals surface area contributed by atoms with Crippen LogP contribution < -0.4 is 10.6 Å². The summed E-state index contributed by atoms with van der Waals surface area (Å²) in [6.07, 6.45) is 12.8. The third-order valence-corrected chi connectivity index (χ3v) is 9.97. The minimum atomic E-state index is -0.0578. The van der Waals surface area contributed by atoms with E-state index in [4.69, 9.17) is 0 Å². The molecule has 3 N–H and O–H groups in total.